The van der Waals surface area contributed by atoms with Gasteiger partial charge in [-0.3, -0.25) is 4.79 Å². The topological polar surface area (TPSA) is 56.5 Å². The maximum atomic E-state index is 13.4. The van der Waals surface area contributed by atoms with Gasteiger partial charge < -0.3 is 9.15 Å². The largest absolute Gasteiger partial charge is 0.463 e. The van der Waals surface area contributed by atoms with Crippen LogP contribution in [0.2, 0.25) is 0 Å². The second-order valence-electron chi connectivity index (χ2n) is 3.73. The summed E-state index contributed by atoms with van der Waals surface area (Å²) in [6, 6.07) is 2.94. The molecule has 0 N–H and O–H groups in total. The van der Waals surface area contributed by atoms with Gasteiger partial charge in [-0.15, -0.1) is 0 Å². The second kappa shape index (κ2) is 5.20. The van der Waals surface area contributed by atoms with E-state index in [9.17, 15) is 22.8 Å². The van der Waals surface area contributed by atoms with Crippen LogP contribution in [0.1, 0.15) is 26.7 Å². The number of carbonyl (C=O) groups excluding carboxylic acids is 2. The van der Waals surface area contributed by atoms with Crippen molar-refractivity contribution in [2.45, 2.75) is 0 Å². The average Bonchev–Trinajstić information content (AvgIpc) is 2.86. The van der Waals surface area contributed by atoms with Gasteiger partial charge in [-0.25, -0.2) is 18.0 Å². The first-order valence-corrected chi connectivity index (χ1v) is 5.31. The number of carbonyl (C=O) groups is 2. The highest BCUT2D eigenvalue weighted by atomic mass is 19.1. The first-order valence-electron chi connectivity index (χ1n) is 5.31. The Bertz CT molecular complexity index is 668. The monoisotopic (exact) mass is 284 g/mol. The van der Waals surface area contributed by atoms with E-state index in [1.807, 2.05) is 0 Å². The van der Waals surface area contributed by atoms with Crippen LogP contribution in [0, 0.1) is 17.5 Å². The molecule has 0 atom stereocenters. The minimum Gasteiger partial charge on any atom is -0.463 e. The third-order valence-electron chi connectivity index (χ3n) is 2.45. The molecule has 0 aliphatic rings. The number of furan rings is 1. The van der Waals surface area contributed by atoms with Gasteiger partial charge >= 0.3 is 5.97 Å². The maximum Gasteiger partial charge on any atom is 0.373 e. The Kier molecular flexibility index (Phi) is 3.60. The van der Waals surface area contributed by atoms with Gasteiger partial charge in [0.2, 0.25) is 11.5 Å². The highest BCUT2D eigenvalue weighted by Crippen LogP contribution is 2.20. The molecule has 0 radical (unpaired) electrons. The third-order valence-corrected chi connectivity index (χ3v) is 2.45. The van der Waals surface area contributed by atoms with Crippen molar-refractivity contribution < 1.29 is 31.9 Å². The number of esters is 1. The molecule has 1 aromatic carbocycles. The van der Waals surface area contributed by atoms with Crippen LogP contribution in [0.25, 0.3) is 0 Å². The highest BCUT2D eigenvalue weighted by Gasteiger charge is 2.24. The zero-order valence-corrected chi connectivity index (χ0v) is 10.1. The molecule has 7 heteroatoms. The molecule has 1 aromatic heterocycles. The SMILES string of the molecule is COC(=O)c1ccc(C(=O)c2c(F)cc(F)cc2F)o1. The van der Waals surface area contributed by atoms with Gasteiger partial charge in [-0.1, -0.05) is 0 Å². The minimum absolute atomic E-state index is 0.293. The predicted molar refractivity (Wildman–Crippen MR) is 59.8 cm³/mol. The van der Waals surface area contributed by atoms with Crippen molar-refractivity contribution in [1.82, 2.24) is 0 Å². The maximum absolute atomic E-state index is 13.4. The van der Waals surface area contributed by atoms with Gasteiger partial charge in [0, 0.05) is 12.1 Å². The first kappa shape index (κ1) is 13.9. The molecular formula is C13H7F3O4. The van der Waals surface area contributed by atoms with Crippen LogP contribution in [0.3, 0.4) is 0 Å². The van der Waals surface area contributed by atoms with E-state index >= 15 is 0 Å². The Labute approximate surface area is 110 Å². The molecule has 0 fully saturated rings. The van der Waals surface area contributed by atoms with Crippen molar-refractivity contribution in [2.24, 2.45) is 0 Å². The third kappa shape index (κ3) is 2.42. The molecule has 0 saturated carbocycles. The number of methoxy groups -OCH3 is 1. The van der Waals surface area contributed by atoms with E-state index in [-0.39, 0.29) is 5.76 Å². The summed E-state index contributed by atoms with van der Waals surface area (Å²) in [6.45, 7) is 0. The molecule has 4 nitrogen and oxygen atoms in total. The van der Waals surface area contributed by atoms with E-state index in [0.717, 1.165) is 19.2 Å². The molecule has 2 rings (SSSR count). The van der Waals surface area contributed by atoms with E-state index < -0.39 is 40.5 Å². The molecule has 1 heterocycles. The highest BCUT2D eigenvalue weighted by molar-refractivity contribution is 6.08. The van der Waals surface area contributed by atoms with Crippen LogP contribution in [0.4, 0.5) is 13.2 Å². The van der Waals surface area contributed by atoms with Crippen molar-refractivity contribution in [3.8, 4) is 0 Å². The second-order valence-corrected chi connectivity index (χ2v) is 3.73. The van der Waals surface area contributed by atoms with Gasteiger partial charge in [0.1, 0.15) is 17.5 Å². The molecular weight excluding hydrogens is 277 g/mol. The van der Waals surface area contributed by atoms with Crippen molar-refractivity contribution in [2.75, 3.05) is 7.11 Å². The van der Waals surface area contributed by atoms with E-state index in [0.29, 0.717) is 12.1 Å². The molecule has 104 valence electrons. The summed E-state index contributed by atoms with van der Waals surface area (Å²) in [7, 11) is 1.10. The smallest absolute Gasteiger partial charge is 0.373 e. The molecule has 0 amide bonds. The fourth-order valence-electron chi connectivity index (χ4n) is 1.55. The van der Waals surface area contributed by atoms with Crippen LogP contribution in [0.15, 0.2) is 28.7 Å². The lowest BCUT2D eigenvalue weighted by molar-refractivity contribution is 0.0563. The lowest BCUT2D eigenvalue weighted by atomic mass is 10.1. The van der Waals surface area contributed by atoms with Crippen LogP contribution in [0.5, 0.6) is 0 Å². The summed E-state index contributed by atoms with van der Waals surface area (Å²) in [5.41, 5.74) is -0.961. The molecule has 0 bridgehead atoms. The van der Waals surface area contributed by atoms with Crippen molar-refractivity contribution in [3.63, 3.8) is 0 Å². The molecule has 0 aliphatic carbocycles. The van der Waals surface area contributed by atoms with Crippen LogP contribution in [-0.4, -0.2) is 18.9 Å². The number of rotatable bonds is 3. The Hall–Kier alpha value is -2.57. The molecule has 20 heavy (non-hydrogen) atoms. The summed E-state index contributed by atoms with van der Waals surface area (Å²) < 4.78 is 48.8. The van der Waals surface area contributed by atoms with Crippen molar-refractivity contribution >= 4 is 11.8 Å². The molecule has 0 saturated heterocycles. The normalized spacial score (nSPS) is 10.4. The summed E-state index contributed by atoms with van der Waals surface area (Å²) in [4.78, 5) is 23.0. The lowest BCUT2D eigenvalue weighted by Gasteiger charge is -2.02. The van der Waals surface area contributed by atoms with Crippen LogP contribution in [-0.2, 0) is 4.74 Å². The fraction of sp³-hybridized carbons (Fsp3) is 0.0769. The van der Waals surface area contributed by atoms with Gasteiger partial charge in [0.25, 0.3) is 0 Å². The number of ether oxygens (including phenoxy) is 1. The van der Waals surface area contributed by atoms with E-state index in [2.05, 4.69) is 4.74 Å². The number of hydrogen-bond donors (Lipinski definition) is 0. The molecule has 0 unspecified atom stereocenters. The predicted octanol–water partition coefficient (Wildman–Crippen LogP) is 2.71. The van der Waals surface area contributed by atoms with Crippen molar-refractivity contribution in [3.05, 3.63) is 58.8 Å². The lowest BCUT2D eigenvalue weighted by Crippen LogP contribution is -2.07. The van der Waals surface area contributed by atoms with Gasteiger partial charge in [0.15, 0.2) is 5.76 Å². The zero-order chi connectivity index (χ0) is 14.9. The van der Waals surface area contributed by atoms with Crippen LogP contribution < -0.4 is 0 Å². The Morgan fingerprint density at radius 1 is 1.05 bits per heavy atom. The molecule has 0 aliphatic heterocycles. The summed E-state index contributed by atoms with van der Waals surface area (Å²) >= 11 is 0. The zero-order valence-electron chi connectivity index (χ0n) is 10.1. The number of ketones is 1. The Morgan fingerprint density at radius 2 is 1.60 bits per heavy atom. The van der Waals surface area contributed by atoms with Gasteiger partial charge in [-0.05, 0) is 12.1 Å². The summed E-state index contributed by atoms with van der Waals surface area (Å²) in [5, 5.41) is 0. The minimum atomic E-state index is -1.36. The quantitative estimate of drug-likeness (QED) is 0.642. The molecule has 2 aromatic rings. The number of hydrogen-bond acceptors (Lipinski definition) is 4. The Balaban J connectivity index is 2.42. The number of halogens is 3. The van der Waals surface area contributed by atoms with E-state index in [1.54, 1.807) is 0 Å². The van der Waals surface area contributed by atoms with E-state index in [4.69, 9.17) is 4.42 Å². The molecule has 0 spiro atoms. The average molecular weight is 284 g/mol. The summed E-state index contributed by atoms with van der Waals surface area (Å²) in [6.07, 6.45) is 0. The Morgan fingerprint density at radius 3 is 2.15 bits per heavy atom. The fourth-order valence-corrected chi connectivity index (χ4v) is 1.55. The van der Waals surface area contributed by atoms with Gasteiger partial charge in [0.05, 0.1) is 12.7 Å². The first-order chi connectivity index (χ1) is 9.43. The van der Waals surface area contributed by atoms with Gasteiger partial charge in [-0.2, -0.15) is 0 Å². The van der Waals surface area contributed by atoms with Crippen LogP contribution >= 0.6 is 0 Å². The standard InChI is InChI=1S/C13H7F3O4/c1-19-13(18)10-3-2-9(20-10)12(17)11-7(15)4-6(14)5-8(11)16/h2-5H,1H3. The van der Waals surface area contributed by atoms with Crippen molar-refractivity contribution in [1.29, 1.82) is 0 Å². The number of benzene rings is 1. The van der Waals surface area contributed by atoms with E-state index in [1.165, 1.54) is 0 Å². The summed E-state index contributed by atoms with van der Waals surface area (Å²) in [5.74, 6) is -6.61.